The maximum atomic E-state index is 13.2. The van der Waals surface area contributed by atoms with Gasteiger partial charge in [0.15, 0.2) is 11.5 Å². The van der Waals surface area contributed by atoms with Crippen molar-refractivity contribution in [3.8, 4) is 11.5 Å². The van der Waals surface area contributed by atoms with Gasteiger partial charge in [0.05, 0.1) is 11.0 Å². The van der Waals surface area contributed by atoms with E-state index in [-0.39, 0.29) is 23.4 Å². The monoisotopic (exact) mass is 397 g/mol. The molecule has 1 aromatic carbocycles. The summed E-state index contributed by atoms with van der Waals surface area (Å²) in [4.78, 5) is 27.0. The van der Waals surface area contributed by atoms with Gasteiger partial charge in [0, 0.05) is 35.7 Å². The number of carbonyl (C=O) groups is 1. The lowest BCUT2D eigenvalue weighted by atomic mass is 10.1. The number of carbonyl (C=O) groups excluding carboxylic acids is 1. The van der Waals surface area contributed by atoms with Gasteiger partial charge in [0.25, 0.3) is 5.91 Å². The fourth-order valence-corrected chi connectivity index (χ4v) is 3.09. The van der Waals surface area contributed by atoms with Gasteiger partial charge in [0.2, 0.25) is 5.95 Å². The minimum atomic E-state index is -3.70. The van der Waals surface area contributed by atoms with Crippen molar-refractivity contribution in [2.24, 2.45) is 0 Å². The molecular weight excluding hydrogens is 384 g/mol. The molecule has 2 aromatic heterocycles. The number of halogens is 2. The summed E-state index contributed by atoms with van der Waals surface area (Å²) in [5.74, 6) is 0.231. The predicted octanol–water partition coefficient (Wildman–Crippen LogP) is 3.52. The maximum Gasteiger partial charge on any atom is 0.586 e. The van der Waals surface area contributed by atoms with Gasteiger partial charge >= 0.3 is 6.29 Å². The highest BCUT2D eigenvalue weighted by Crippen LogP contribution is 2.42. The molecule has 146 valence electrons. The number of aromatic amines is 2. The highest BCUT2D eigenvalue weighted by molar-refractivity contribution is 6.07. The van der Waals surface area contributed by atoms with Crippen LogP contribution in [0.15, 0.2) is 54.4 Å². The number of imidazole rings is 2. The first-order valence-corrected chi connectivity index (χ1v) is 8.66. The zero-order valence-electron chi connectivity index (χ0n) is 14.7. The summed E-state index contributed by atoms with van der Waals surface area (Å²) in [6.45, 7) is 0. The molecule has 0 spiro atoms. The molecule has 10 heteroatoms. The Morgan fingerprint density at radius 2 is 2.07 bits per heavy atom. The van der Waals surface area contributed by atoms with E-state index in [1.54, 1.807) is 24.5 Å². The Bertz CT molecular complexity index is 1160. The van der Waals surface area contributed by atoms with E-state index in [0.717, 1.165) is 5.57 Å². The number of hydrogen-bond acceptors (Lipinski definition) is 5. The average Bonchev–Trinajstić information content (AvgIpc) is 3.33. The van der Waals surface area contributed by atoms with Crippen molar-refractivity contribution in [1.82, 2.24) is 19.9 Å². The van der Waals surface area contributed by atoms with Crippen LogP contribution in [-0.2, 0) is 4.79 Å². The van der Waals surface area contributed by atoms with E-state index in [2.05, 4.69) is 34.7 Å². The number of hydrogen-bond donors (Lipinski definition) is 3. The first kappa shape index (κ1) is 17.2. The number of anilines is 1. The molecule has 1 aliphatic heterocycles. The molecule has 0 fully saturated rings. The Morgan fingerprint density at radius 1 is 1.24 bits per heavy atom. The molecule has 1 amide bonds. The fraction of sp³-hybridized carbons (Fsp3) is 0.105. The number of amides is 1. The summed E-state index contributed by atoms with van der Waals surface area (Å²) < 4.78 is 35.2. The van der Waals surface area contributed by atoms with Crippen LogP contribution in [0.1, 0.15) is 12.2 Å². The van der Waals surface area contributed by atoms with Crippen LogP contribution in [0.4, 0.5) is 14.7 Å². The van der Waals surface area contributed by atoms with Crippen LogP contribution in [0.2, 0.25) is 0 Å². The second-order valence-corrected chi connectivity index (χ2v) is 6.36. The number of allylic oxidation sites excluding steroid dienone is 4. The third-order valence-electron chi connectivity index (χ3n) is 4.35. The largest absolute Gasteiger partial charge is 0.586 e. The van der Waals surface area contributed by atoms with Crippen molar-refractivity contribution in [2.45, 2.75) is 12.7 Å². The molecule has 0 bridgehead atoms. The number of nitrogens with one attached hydrogen (secondary N) is 3. The molecule has 5 rings (SSSR count). The topological polar surface area (TPSA) is 105 Å². The first-order chi connectivity index (χ1) is 14.0. The molecule has 29 heavy (non-hydrogen) atoms. The number of aromatic nitrogens is 4. The van der Waals surface area contributed by atoms with Crippen molar-refractivity contribution in [2.75, 3.05) is 5.32 Å². The molecule has 0 saturated heterocycles. The van der Waals surface area contributed by atoms with Crippen molar-refractivity contribution in [3.05, 3.63) is 60.2 Å². The van der Waals surface area contributed by atoms with E-state index in [1.807, 2.05) is 12.2 Å². The maximum absolute atomic E-state index is 13.2. The van der Waals surface area contributed by atoms with Crippen molar-refractivity contribution in [1.29, 1.82) is 0 Å². The Kier molecular flexibility index (Phi) is 3.73. The van der Waals surface area contributed by atoms with Crippen molar-refractivity contribution >= 4 is 28.5 Å². The van der Waals surface area contributed by atoms with E-state index in [1.165, 1.54) is 12.1 Å². The molecule has 0 unspecified atom stereocenters. The van der Waals surface area contributed by atoms with Gasteiger partial charge in [-0.3, -0.25) is 10.1 Å². The number of rotatable bonds is 3. The number of alkyl halides is 2. The minimum Gasteiger partial charge on any atom is -0.395 e. The van der Waals surface area contributed by atoms with Crippen LogP contribution in [0, 0.1) is 0 Å². The Labute approximate surface area is 162 Å². The number of fused-ring (bicyclic) bond motifs is 2. The highest BCUT2D eigenvalue weighted by atomic mass is 19.3. The van der Waals surface area contributed by atoms with Gasteiger partial charge in [-0.1, -0.05) is 18.2 Å². The smallest absolute Gasteiger partial charge is 0.395 e. The Hall–Kier alpha value is -3.95. The summed E-state index contributed by atoms with van der Waals surface area (Å²) >= 11 is 0. The lowest BCUT2D eigenvalue weighted by molar-refractivity contribution is -0.286. The SMILES string of the molecule is O=C(Nc1nc2cc3c(cc2[nH]1)OC(F)(F)O3)C1=CCC=CC(c2ncc[nH]2)=C1. The molecule has 0 saturated carbocycles. The summed E-state index contributed by atoms with van der Waals surface area (Å²) in [7, 11) is 0. The lowest BCUT2D eigenvalue weighted by Crippen LogP contribution is -2.25. The molecule has 0 radical (unpaired) electrons. The van der Waals surface area contributed by atoms with Gasteiger partial charge in [-0.15, -0.1) is 8.78 Å². The molecule has 3 heterocycles. The predicted molar refractivity (Wildman–Crippen MR) is 99.3 cm³/mol. The highest BCUT2D eigenvalue weighted by Gasteiger charge is 2.43. The molecule has 0 atom stereocenters. The van der Waals surface area contributed by atoms with Crippen LogP contribution in [0.5, 0.6) is 11.5 Å². The lowest BCUT2D eigenvalue weighted by Gasteiger charge is -2.04. The van der Waals surface area contributed by atoms with Crippen molar-refractivity contribution < 1.29 is 23.0 Å². The van der Waals surface area contributed by atoms with Gasteiger partial charge < -0.3 is 19.4 Å². The van der Waals surface area contributed by atoms with E-state index >= 15 is 0 Å². The van der Waals surface area contributed by atoms with E-state index in [4.69, 9.17) is 0 Å². The summed E-state index contributed by atoms with van der Waals surface area (Å²) in [5.41, 5.74) is 1.98. The zero-order valence-corrected chi connectivity index (χ0v) is 14.7. The third kappa shape index (κ3) is 3.24. The molecule has 1 aliphatic carbocycles. The zero-order chi connectivity index (χ0) is 20.0. The molecule has 8 nitrogen and oxygen atoms in total. The normalized spacial score (nSPS) is 17.0. The number of ether oxygens (including phenoxy) is 2. The van der Waals surface area contributed by atoms with Crippen LogP contribution in [0.25, 0.3) is 16.6 Å². The second kappa shape index (κ2) is 6.30. The third-order valence-corrected chi connectivity index (χ3v) is 4.35. The number of benzene rings is 1. The summed E-state index contributed by atoms with van der Waals surface area (Å²) in [6, 6.07) is 2.67. The first-order valence-electron chi connectivity index (χ1n) is 8.66. The van der Waals surface area contributed by atoms with E-state index in [0.29, 0.717) is 28.9 Å². The quantitative estimate of drug-likeness (QED) is 0.627. The fourth-order valence-electron chi connectivity index (χ4n) is 3.09. The number of H-pyrrole nitrogens is 2. The van der Waals surface area contributed by atoms with Gasteiger partial charge in [-0.05, 0) is 12.5 Å². The second-order valence-electron chi connectivity index (χ2n) is 6.36. The van der Waals surface area contributed by atoms with Crippen LogP contribution in [-0.4, -0.2) is 32.1 Å². The molecule has 3 N–H and O–H groups in total. The van der Waals surface area contributed by atoms with Crippen LogP contribution < -0.4 is 14.8 Å². The molecule has 2 aliphatic rings. The van der Waals surface area contributed by atoms with Gasteiger partial charge in [-0.25, -0.2) is 9.97 Å². The van der Waals surface area contributed by atoms with Crippen LogP contribution >= 0.6 is 0 Å². The van der Waals surface area contributed by atoms with Gasteiger partial charge in [-0.2, -0.15) is 0 Å². The average molecular weight is 397 g/mol. The standard InChI is InChI=1S/C19H13F2N5O3/c20-19(21)28-14-8-12-13(9-15(14)29-19)25-18(24-12)26-17(27)11-4-2-1-3-10(7-11)16-22-5-6-23-16/h1,3-9H,2H2,(H,22,23)(H2,24,25,26,27). The summed E-state index contributed by atoms with van der Waals surface area (Å²) in [5, 5.41) is 2.68. The Balaban J connectivity index is 1.39. The molecule has 3 aromatic rings. The minimum absolute atomic E-state index is 0.104. The van der Waals surface area contributed by atoms with E-state index in [9.17, 15) is 13.6 Å². The molecular formula is C19H13F2N5O3. The number of nitrogens with zero attached hydrogens (tertiary/aromatic N) is 2. The summed E-state index contributed by atoms with van der Waals surface area (Å²) in [6.07, 6.45) is 7.53. The van der Waals surface area contributed by atoms with Crippen LogP contribution in [0.3, 0.4) is 0 Å². The Morgan fingerprint density at radius 3 is 2.86 bits per heavy atom. The van der Waals surface area contributed by atoms with Crippen molar-refractivity contribution in [3.63, 3.8) is 0 Å². The van der Waals surface area contributed by atoms with Gasteiger partial charge in [0.1, 0.15) is 5.82 Å². The van der Waals surface area contributed by atoms with E-state index < -0.39 is 6.29 Å².